The van der Waals surface area contributed by atoms with Gasteiger partial charge in [-0.05, 0) is 75.5 Å². The van der Waals surface area contributed by atoms with Crippen molar-refractivity contribution in [1.82, 2.24) is 14.7 Å². The van der Waals surface area contributed by atoms with Gasteiger partial charge in [0.2, 0.25) is 0 Å². The second-order valence-electron chi connectivity index (χ2n) is 10.5. The lowest BCUT2D eigenvalue weighted by Crippen LogP contribution is -2.40. The molecule has 3 aromatic carbocycles. The Kier molecular flexibility index (Phi) is 6.94. The minimum atomic E-state index is -0.541. The lowest BCUT2D eigenvalue weighted by Gasteiger charge is -2.27. The molecule has 1 atom stereocenters. The van der Waals surface area contributed by atoms with Gasteiger partial charge in [0, 0.05) is 17.7 Å². The van der Waals surface area contributed by atoms with Gasteiger partial charge in [-0.15, -0.1) is 0 Å². The van der Waals surface area contributed by atoms with Crippen molar-refractivity contribution in [3.05, 3.63) is 96.4 Å². The van der Waals surface area contributed by atoms with Crippen LogP contribution in [0.2, 0.25) is 0 Å². The van der Waals surface area contributed by atoms with E-state index in [-0.39, 0.29) is 17.8 Å². The molecule has 1 aliphatic rings. The van der Waals surface area contributed by atoms with E-state index in [1.54, 1.807) is 23.0 Å². The van der Waals surface area contributed by atoms with Crippen molar-refractivity contribution in [1.29, 1.82) is 0 Å². The molecule has 5 nitrogen and oxygen atoms in total. The van der Waals surface area contributed by atoms with Crippen LogP contribution in [0.25, 0.3) is 28.1 Å². The number of ether oxygens (including phenoxy) is 1. The van der Waals surface area contributed by atoms with Crippen LogP contribution < -0.4 is 0 Å². The first-order chi connectivity index (χ1) is 17.8. The Hall–Kier alpha value is -3.77. The molecule has 0 saturated carbocycles. The molecule has 0 amide bonds. The zero-order valence-electron chi connectivity index (χ0n) is 21.5. The van der Waals surface area contributed by atoms with Gasteiger partial charge in [0.25, 0.3) is 0 Å². The highest BCUT2D eigenvalue weighted by Crippen LogP contribution is 2.32. The topological polar surface area (TPSA) is 47.4 Å². The number of hydrogen-bond donors (Lipinski definition) is 0. The second-order valence-corrected chi connectivity index (χ2v) is 10.5. The summed E-state index contributed by atoms with van der Waals surface area (Å²) in [4.78, 5) is 15.0. The third kappa shape index (κ3) is 5.49. The van der Waals surface area contributed by atoms with Crippen molar-refractivity contribution in [3.8, 4) is 28.1 Å². The summed E-state index contributed by atoms with van der Waals surface area (Å²) in [6, 6.07) is 24.7. The van der Waals surface area contributed by atoms with Crippen LogP contribution in [0.3, 0.4) is 0 Å². The first-order valence-electron chi connectivity index (χ1n) is 12.7. The van der Waals surface area contributed by atoms with Gasteiger partial charge < -0.3 is 4.74 Å². The fraction of sp³-hybridized carbons (Fsp3) is 0.290. The van der Waals surface area contributed by atoms with Gasteiger partial charge in [-0.2, -0.15) is 5.10 Å². The van der Waals surface area contributed by atoms with Crippen molar-refractivity contribution in [3.63, 3.8) is 0 Å². The summed E-state index contributed by atoms with van der Waals surface area (Å²) in [6.45, 7) is 6.90. The number of rotatable bonds is 6. The molecular weight excluding hydrogens is 465 g/mol. The summed E-state index contributed by atoms with van der Waals surface area (Å²) in [5, 5.41) is 4.68. The van der Waals surface area contributed by atoms with Crippen molar-refractivity contribution < 1.29 is 13.9 Å². The first kappa shape index (κ1) is 24.9. The fourth-order valence-corrected chi connectivity index (χ4v) is 4.93. The molecule has 5 rings (SSSR count). The van der Waals surface area contributed by atoms with Crippen LogP contribution in [0.1, 0.15) is 39.2 Å². The maximum Gasteiger partial charge on any atom is 0.323 e. The molecule has 4 aromatic rings. The minimum absolute atomic E-state index is 0.207. The monoisotopic (exact) mass is 497 g/mol. The van der Waals surface area contributed by atoms with Gasteiger partial charge in [0.1, 0.15) is 17.5 Å². The number of halogens is 1. The molecule has 1 aromatic heterocycles. The molecular formula is C31H32FN3O2. The Balaban J connectivity index is 1.50. The Morgan fingerprint density at radius 3 is 2.35 bits per heavy atom. The number of aromatic nitrogens is 2. The average molecular weight is 498 g/mol. The third-order valence-corrected chi connectivity index (χ3v) is 6.61. The number of nitrogens with zero attached hydrogens (tertiary/aromatic N) is 3. The Morgan fingerprint density at radius 2 is 1.65 bits per heavy atom. The molecule has 0 N–H and O–H groups in total. The molecule has 37 heavy (non-hydrogen) atoms. The van der Waals surface area contributed by atoms with E-state index >= 15 is 4.39 Å². The molecule has 6 heteroatoms. The number of esters is 1. The van der Waals surface area contributed by atoms with Crippen LogP contribution >= 0.6 is 0 Å². The summed E-state index contributed by atoms with van der Waals surface area (Å²) in [5.41, 5.74) is 4.58. The number of likely N-dealkylation sites (tertiary alicyclic amines) is 1. The lowest BCUT2D eigenvalue weighted by molar-refractivity contribution is -0.160. The van der Waals surface area contributed by atoms with Gasteiger partial charge in [0.05, 0.1) is 17.6 Å². The smallest absolute Gasteiger partial charge is 0.323 e. The zero-order chi connectivity index (χ0) is 26.0. The SMILES string of the molecule is CC(C)(C)OC(=O)C1CCCN1Cc1cnn(-c2ccc(-c3ccccc3)cc2)c1-c1ccccc1F. The average Bonchev–Trinajstić information content (AvgIpc) is 3.52. The maximum absolute atomic E-state index is 15.1. The fourth-order valence-electron chi connectivity index (χ4n) is 4.93. The Morgan fingerprint density at radius 1 is 0.973 bits per heavy atom. The van der Waals surface area contributed by atoms with Gasteiger partial charge >= 0.3 is 5.97 Å². The Labute approximate surface area is 217 Å². The van der Waals surface area contributed by atoms with Crippen molar-refractivity contribution in [2.45, 2.75) is 51.8 Å². The summed E-state index contributed by atoms with van der Waals surface area (Å²) in [6.07, 6.45) is 3.45. The van der Waals surface area contributed by atoms with Crippen LogP contribution in [0.4, 0.5) is 4.39 Å². The van der Waals surface area contributed by atoms with Gasteiger partial charge in [-0.25, -0.2) is 9.07 Å². The molecule has 1 aliphatic heterocycles. The normalized spacial score (nSPS) is 16.2. The summed E-state index contributed by atoms with van der Waals surface area (Å²) < 4.78 is 22.6. The van der Waals surface area contributed by atoms with E-state index in [1.165, 1.54) is 6.07 Å². The van der Waals surface area contributed by atoms with Crippen LogP contribution in [-0.4, -0.2) is 38.8 Å². The first-order valence-corrected chi connectivity index (χ1v) is 12.7. The van der Waals surface area contributed by atoms with Gasteiger partial charge in [-0.1, -0.05) is 54.6 Å². The van der Waals surface area contributed by atoms with Crippen LogP contribution in [0.15, 0.2) is 85.1 Å². The van der Waals surface area contributed by atoms with Gasteiger partial charge in [0.15, 0.2) is 0 Å². The van der Waals surface area contributed by atoms with Crippen LogP contribution in [-0.2, 0) is 16.1 Å². The molecule has 0 aliphatic carbocycles. The maximum atomic E-state index is 15.1. The summed E-state index contributed by atoms with van der Waals surface area (Å²) >= 11 is 0. The quantitative estimate of drug-likeness (QED) is 0.280. The largest absolute Gasteiger partial charge is 0.459 e. The molecule has 1 saturated heterocycles. The van der Waals surface area contributed by atoms with E-state index in [0.29, 0.717) is 17.8 Å². The molecule has 1 fully saturated rings. The molecule has 190 valence electrons. The van der Waals surface area contributed by atoms with E-state index in [0.717, 1.165) is 41.8 Å². The number of hydrogen-bond acceptors (Lipinski definition) is 4. The van der Waals surface area contributed by atoms with Crippen molar-refractivity contribution in [2.75, 3.05) is 6.54 Å². The van der Waals surface area contributed by atoms with Crippen LogP contribution in [0.5, 0.6) is 0 Å². The van der Waals surface area contributed by atoms with Gasteiger partial charge in [-0.3, -0.25) is 9.69 Å². The summed E-state index contributed by atoms with van der Waals surface area (Å²) in [5.74, 6) is -0.516. The number of carbonyl (C=O) groups is 1. The predicted molar refractivity (Wildman–Crippen MR) is 144 cm³/mol. The summed E-state index contributed by atoms with van der Waals surface area (Å²) in [7, 11) is 0. The van der Waals surface area contributed by atoms with E-state index in [2.05, 4.69) is 34.3 Å². The third-order valence-electron chi connectivity index (χ3n) is 6.61. The van der Waals surface area contributed by atoms with Crippen LogP contribution in [0, 0.1) is 5.82 Å². The zero-order valence-corrected chi connectivity index (χ0v) is 21.5. The lowest BCUT2D eigenvalue weighted by atomic mass is 10.0. The van der Waals surface area contributed by atoms with Crippen molar-refractivity contribution >= 4 is 5.97 Å². The predicted octanol–water partition coefficient (Wildman–Crippen LogP) is 6.65. The number of carbonyl (C=O) groups excluding carboxylic acids is 1. The van der Waals surface area contributed by atoms with E-state index in [4.69, 9.17) is 4.74 Å². The van der Waals surface area contributed by atoms with E-state index in [1.807, 2.05) is 57.2 Å². The molecule has 0 spiro atoms. The highest BCUT2D eigenvalue weighted by molar-refractivity contribution is 5.76. The standard InChI is InChI=1S/C31H32FN3O2/c1-31(2,3)37-30(36)28-14-9-19-34(28)21-24-20-33-35(29(24)26-12-7-8-13-27(26)32)25-17-15-23(16-18-25)22-10-5-4-6-11-22/h4-8,10-13,15-18,20,28H,9,14,19,21H2,1-3H3. The molecule has 1 unspecified atom stereocenters. The highest BCUT2D eigenvalue weighted by Gasteiger charge is 2.35. The molecule has 0 radical (unpaired) electrons. The highest BCUT2D eigenvalue weighted by atomic mass is 19.1. The van der Waals surface area contributed by atoms with E-state index < -0.39 is 5.60 Å². The molecule has 0 bridgehead atoms. The van der Waals surface area contributed by atoms with E-state index in [9.17, 15) is 4.79 Å². The minimum Gasteiger partial charge on any atom is -0.459 e. The number of benzene rings is 3. The van der Waals surface area contributed by atoms with Crippen molar-refractivity contribution in [2.24, 2.45) is 0 Å². The Bertz CT molecular complexity index is 1370. The second kappa shape index (κ2) is 10.3. The molecule has 2 heterocycles.